The van der Waals surface area contributed by atoms with Gasteiger partial charge in [-0.3, -0.25) is 0 Å². The van der Waals surface area contributed by atoms with Gasteiger partial charge in [-0.05, 0) is 65.6 Å². The maximum atomic E-state index is 6.30. The summed E-state index contributed by atoms with van der Waals surface area (Å²) in [4.78, 5) is 0. The molecule has 20 heavy (non-hydrogen) atoms. The van der Waals surface area contributed by atoms with Gasteiger partial charge in [-0.1, -0.05) is 56.7 Å². The van der Waals surface area contributed by atoms with Crippen molar-refractivity contribution in [2.75, 3.05) is 6.54 Å². The van der Waals surface area contributed by atoms with Crippen molar-refractivity contribution in [3.05, 3.63) is 32.4 Å². The quantitative estimate of drug-likeness (QED) is 0.576. The van der Waals surface area contributed by atoms with Gasteiger partial charge >= 0.3 is 0 Å². The van der Waals surface area contributed by atoms with Crippen LogP contribution in [-0.2, 0) is 0 Å². The van der Waals surface area contributed by atoms with E-state index in [-0.39, 0.29) is 0 Å². The smallest absolute Gasteiger partial charge is 0.0542 e. The number of halogens is 2. The van der Waals surface area contributed by atoms with Crippen LogP contribution in [0.25, 0.3) is 0 Å². The lowest BCUT2D eigenvalue weighted by Crippen LogP contribution is -2.25. The zero-order chi connectivity index (χ0) is 14.4. The van der Waals surface area contributed by atoms with Crippen LogP contribution in [0.15, 0.2) is 18.2 Å². The first-order chi connectivity index (χ1) is 9.70. The molecule has 0 saturated heterocycles. The molecule has 0 radical (unpaired) electrons. The summed E-state index contributed by atoms with van der Waals surface area (Å²) in [5, 5.41) is 4.60. The standard InChI is InChI=1S/C17H25ClIN/c1-2-10-20-17(11-13-6-4-3-5-7-13)14-8-9-16(19)15(18)12-14/h8-9,12-13,17,20H,2-7,10-11H2,1H3. The lowest BCUT2D eigenvalue weighted by Gasteiger charge is -2.27. The van der Waals surface area contributed by atoms with Crippen molar-refractivity contribution < 1.29 is 0 Å². The summed E-state index contributed by atoms with van der Waals surface area (Å²) in [6.45, 7) is 3.31. The molecular formula is C17H25ClIN. The molecule has 1 fully saturated rings. The highest BCUT2D eigenvalue weighted by molar-refractivity contribution is 14.1. The summed E-state index contributed by atoms with van der Waals surface area (Å²) in [6, 6.07) is 7.00. The lowest BCUT2D eigenvalue weighted by molar-refractivity contribution is 0.300. The number of hydrogen-bond donors (Lipinski definition) is 1. The second kappa shape index (κ2) is 8.60. The molecular weight excluding hydrogens is 381 g/mol. The zero-order valence-electron chi connectivity index (χ0n) is 12.3. The van der Waals surface area contributed by atoms with Crippen LogP contribution >= 0.6 is 34.2 Å². The highest BCUT2D eigenvalue weighted by Gasteiger charge is 2.20. The minimum Gasteiger partial charge on any atom is -0.310 e. The van der Waals surface area contributed by atoms with Gasteiger partial charge in [-0.2, -0.15) is 0 Å². The van der Waals surface area contributed by atoms with E-state index in [2.05, 4.69) is 53.0 Å². The van der Waals surface area contributed by atoms with E-state index in [1.807, 2.05) is 0 Å². The van der Waals surface area contributed by atoms with Gasteiger partial charge in [0.2, 0.25) is 0 Å². The summed E-state index contributed by atoms with van der Waals surface area (Å²) >= 11 is 8.60. The monoisotopic (exact) mass is 405 g/mol. The van der Waals surface area contributed by atoms with Crippen molar-refractivity contribution in [1.29, 1.82) is 0 Å². The van der Waals surface area contributed by atoms with Gasteiger partial charge in [0.15, 0.2) is 0 Å². The fraction of sp³-hybridized carbons (Fsp3) is 0.647. The number of hydrogen-bond acceptors (Lipinski definition) is 1. The predicted octanol–water partition coefficient (Wildman–Crippen LogP) is 5.96. The maximum absolute atomic E-state index is 6.30. The van der Waals surface area contributed by atoms with Crippen molar-refractivity contribution in [1.82, 2.24) is 5.32 Å². The Morgan fingerprint density at radius 1 is 1.30 bits per heavy atom. The number of nitrogens with one attached hydrogen (secondary N) is 1. The third kappa shape index (κ3) is 4.88. The van der Waals surface area contributed by atoms with Gasteiger partial charge < -0.3 is 5.32 Å². The zero-order valence-corrected chi connectivity index (χ0v) is 15.2. The highest BCUT2D eigenvalue weighted by atomic mass is 127. The second-order valence-corrected chi connectivity index (χ2v) is 7.49. The second-order valence-electron chi connectivity index (χ2n) is 5.92. The van der Waals surface area contributed by atoms with Crippen LogP contribution in [0.1, 0.15) is 63.5 Å². The first-order valence-electron chi connectivity index (χ1n) is 7.89. The Kier molecular flexibility index (Phi) is 7.12. The highest BCUT2D eigenvalue weighted by Crippen LogP contribution is 2.33. The van der Waals surface area contributed by atoms with Crippen LogP contribution < -0.4 is 5.32 Å². The summed E-state index contributed by atoms with van der Waals surface area (Å²) in [7, 11) is 0. The Balaban J connectivity index is 2.06. The molecule has 1 N–H and O–H groups in total. The molecule has 1 aliphatic carbocycles. The number of rotatable bonds is 6. The molecule has 1 unspecified atom stereocenters. The number of benzene rings is 1. The Morgan fingerprint density at radius 3 is 2.70 bits per heavy atom. The van der Waals surface area contributed by atoms with Gasteiger partial charge in [0.05, 0.1) is 5.02 Å². The van der Waals surface area contributed by atoms with Gasteiger partial charge in [0.25, 0.3) is 0 Å². The first kappa shape index (κ1) is 16.6. The Bertz CT molecular complexity index is 415. The molecule has 0 spiro atoms. The van der Waals surface area contributed by atoms with E-state index in [0.717, 1.165) is 21.1 Å². The maximum Gasteiger partial charge on any atom is 0.0542 e. The molecule has 1 saturated carbocycles. The van der Waals surface area contributed by atoms with Crippen LogP contribution in [0.5, 0.6) is 0 Å². The van der Waals surface area contributed by atoms with Gasteiger partial charge in [-0.25, -0.2) is 0 Å². The molecule has 1 aromatic rings. The van der Waals surface area contributed by atoms with Crippen LogP contribution in [-0.4, -0.2) is 6.54 Å². The molecule has 1 aliphatic rings. The average Bonchev–Trinajstić information content (AvgIpc) is 2.47. The summed E-state index contributed by atoms with van der Waals surface area (Å²) in [5.74, 6) is 0.885. The van der Waals surface area contributed by atoms with E-state index in [0.29, 0.717) is 6.04 Å². The molecule has 0 heterocycles. The summed E-state index contributed by atoms with van der Waals surface area (Å²) in [5.41, 5.74) is 1.36. The minimum absolute atomic E-state index is 0.465. The van der Waals surface area contributed by atoms with Gasteiger partial charge in [0, 0.05) is 9.61 Å². The molecule has 0 aromatic heterocycles. The van der Waals surface area contributed by atoms with Gasteiger partial charge in [-0.15, -0.1) is 0 Å². The fourth-order valence-electron chi connectivity index (χ4n) is 3.14. The Hall–Kier alpha value is 0.200. The Labute approximate surface area is 142 Å². The average molecular weight is 406 g/mol. The molecule has 2 rings (SSSR count). The molecule has 3 heteroatoms. The molecule has 1 nitrogen and oxygen atoms in total. The van der Waals surface area contributed by atoms with E-state index in [1.54, 1.807) is 0 Å². The van der Waals surface area contributed by atoms with Crippen LogP contribution in [0, 0.1) is 9.49 Å². The van der Waals surface area contributed by atoms with Crippen LogP contribution in [0.4, 0.5) is 0 Å². The molecule has 1 atom stereocenters. The third-order valence-electron chi connectivity index (χ3n) is 4.28. The van der Waals surface area contributed by atoms with Crippen molar-refractivity contribution in [3.8, 4) is 0 Å². The predicted molar refractivity (Wildman–Crippen MR) is 96.4 cm³/mol. The first-order valence-corrected chi connectivity index (χ1v) is 9.34. The van der Waals surface area contributed by atoms with Crippen LogP contribution in [0.2, 0.25) is 5.02 Å². The molecule has 112 valence electrons. The van der Waals surface area contributed by atoms with E-state index >= 15 is 0 Å². The third-order valence-corrected chi connectivity index (χ3v) is 5.85. The van der Waals surface area contributed by atoms with Crippen molar-refractivity contribution >= 4 is 34.2 Å². The molecule has 1 aromatic carbocycles. The molecule has 0 amide bonds. The normalized spacial score (nSPS) is 18.1. The van der Waals surface area contributed by atoms with E-state index in [9.17, 15) is 0 Å². The Morgan fingerprint density at radius 2 is 2.05 bits per heavy atom. The van der Waals surface area contributed by atoms with E-state index < -0.39 is 0 Å². The fourth-order valence-corrected chi connectivity index (χ4v) is 3.67. The largest absolute Gasteiger partial charge is 0.310 e. The topological polar surface area (TPSA) is 12.0 Å². The van der Waals surface area contributed by atoms with E-state index in [1.165, 1.54) is 50.5 Å². The van der Waals surface area contributed by atoms with Crippen molar-refractivity contribution in [2.24, 2.45) is 5.92 Å². The minimum atomic E-state index is 0.465. The van der Waals surface area contributed by atoms with Gasteiger partial charge in [0.1, 0.15) is 0 Å². The van der Waals surface area contributed by atoms with E-state index in [4.69, 9.17) is 11.6 Å². The van der Waals surface area contributed by atoms with Crippen molar-refractivity contribution in [3.63, 3.8) is 0 Å². The van der Waals surface area contributed by atoms with Crippen molar-refractivity contribution in [2.45, 2.75) is 57.9 Å². The molecule has 0 aliphatic heterocycles. The van der Waals surface area contributed by atoms with Crippen LogP contribution in [0.3, 0.4) is 0 Å². The summed E-state index contributed by atoms with van der Waals surface area (Å²) in [6.07, 6.45) is 9.51. The SMILES string of the molecule is CCCNC(CC1CCCCC1)c1ccc(I)c(Cl)c1. The summed E-state index contributed by atoms with van der Waals surface area (Å²) < 4.78 is 1.14. The molecule has 0 bridgehead atoms. The lowest BCUT2D eigenvalue weighted by atomic mass is 9.83.